The van der Waals surface area contributed by atoms with E-state index in [1.165, 1.54) is 24.3 Å². The van der Waals surface area contributed by atoms with Gasteiger partial charge in [0.05, 0.1) is 11.1 Å². The molecule has 0 spiro atoms. The van der Waals surface area contributed by atoms with Crippen molar-refractivity contribution in [3.05, 3.63) is 34.8 Å². The summed E-state index contributed by atoms with van der Waals surface area (Å²) in [5.74, 6) is -0.530. The number of carbonyl (C=O) groups is 1. The second-order valence-corrected chi connectivity index (χ2v) is 4.46. The number of esters is 1. The molecule has 4 nitrogen and oxygen atoms in total. The largest absolute Gasteiger partial charge is 0.573 e. The van der Waals surface area contributed by atoms with Gasteiger partial charge in [0.25, 0.3) is 0 Å². The molecule has 0 saturated heterocycles. The molecule has 21 heavy (non-hydrogen) atoms. The van der Waals surface area contributed by atoms with Crippen LogP contribution in [0.15, 0.2) is 34.8 Å². The zero-order chi connectivity index (χ0) is 15.9. The predicted octanol–water partition coefficient (Wildman–Crippen LogP) is 3.85. The maximum atomic E-state index is 12.1. The molecule has 116 valence electrons. The quantitative estimate of drug-likeness (QED) is 0.565. The average molecular weight is 369 g/mol. The summed E-state index contributed by atoms with van der Waals surface area (Å²) in [4.78, 5) is 11.0. The van der Waals surface area contributed by atoms with Crippen LogP contribution in [-0.4, -0.2) is 25.5 Å². The molecule has 0 radical (unpaired) electrons. The fourth-order valence-corrected chi connectivity index (χ4v) is 1.70. The van der Waals surface area contributed by atoms with Gasteiger partial charge in [-0.1, -0.05) is 0 Å². The number of hydrogen-bond acceptors (Lipinski definition) is 4. The van der Waals surface area contributed by atoms with Crippen LogP contribution in [0.25, 0.3) is 0 Å². The lowest BCUT2D eigenvalue weighted by Crippen LogP contribution is -2.17. The fraction of sp³-hybridized carbons (Fsp3) is 0.308. The van der Waals surface area contributed by atoms with Crippen LogP contribution in [0.1, 0.15) is 6.92 Å². The number of halogens is 4. The van der Waals surface area contributed by atoms with Crippen LogP contribution in [0.2, 0.25) is 0 Å². The second kappa shape index (κ2) is 7.92. The summed E-state index contributed by atoms with van der Waals surface area (Å²) in [6.45, 7) is 2.03. The monoisotopic (exact) mass is 368 g/mol. The molecule has 1 aromatic rings. The summed E-state index contributed by atoms with van der Waals surface area (Å²) in [5.41, 5.74) is 0. The minimum Gasteiger partial charge on any atom is -0.489 e. The maximum absolute atomic E-state index is 12.1. The first kappa shape index (κ1) is 17.4. The highest BCUT2D eigenvalue weighted by Gasteiger charge is 2.31. The lowest BCUT2D eigenvalue weighted by Gasteiger charge is -2.11. The first-order valence-corrected chi connectivity index (χ1v) is 6.62. The van der Waals surface area contributed by atoms with Crippen molar-refractivity contribution < 1.29 is 32.2 Å². The Bertz CT molecular complexity index is 515. The SMILES string of the molecule is CCOC(=O)/C=C/COc1ccc(OC(F)(F)F)c(Br)c1. The lowest BCUT2D eigenvalue weighted by molar-refractivity contribution is -0.274. The van der Waals surface area contributed by atoms with Crippen molar-refractivity contribution in [1.82, 2.24) is 0 Å². The van der Waals surface area contributed by atoms with E-state index >= 15 is 0 Å². The van der Waals surface area contributed by atoms with Gasteiger partial charge in [-0.05, 0) is 47.1 Å². The van der Waals surface area contributed by atoms with Crippen molar-refractivity contribution in [2.75, 3.05) is 13.2 Å². The third-order valence-electron chi connectivity index (χ3n) is 2.02. The first-order chi connectivity index (χ1) is 9.81. The molecule has 0 fully saturated rings. The van der Waals surface area contributed by atoms with Crippen LogP contribution >= 0.6 is 15.9 Å². The third kappa shape index (κ3) is 7.03. The van der Waals surface area contributed by atoms with Crippen LogP contribution < -0.4 is 9.47 Å². The Morgan fingerprint density at radius 1 is 1.38 bits per heavy atom. The molecule has 0 heterocycles. The highest BCUT2D eigenvalue weighted by Crippen LogP contribution is 2.33. The van der Waals surface area contributed by atoms with Gasteiger partial charge in [-0.3, -0.25) is 0 Å². The van der Waals surface area contributed by atoms with Crippen molar-refractivity contribution in [3.63, 3.8) is 0 Å². The Balaban J connectivity index is 2.54. The molecule has 0 aromatic heterocycles. The molecule has 0 aliphatic carbocycles. The standard InChI is InChI=1S/C13H12BrF3O4/c1-2-19-12(18)4-3-7-20-9-5-6-11(10(14)8-9)21-13(15,16)17/h3-6,8H,2,7H2,1H3/b4-3+. The second-order valence-electron chi connectivity index (χ2n) is 3.61. The molecule has 0 N–H and O–H groups in total. The summed E-state index contributed by atoms with van der Waals surface area (Å²) in [6.07, 6.45) is -2.11. The lowest BCUT2D eigenvalue weighted by atomic mass is 10.3. The highest BCUT2D eigenvalue weighted by molar-refractivity contribution is 9.10. The van der Waals surface area contributed by atoms with Crippen LogP contribution in [0.5, 0.6) is 11.5 Å². The van der Waals surface area contributed by atoms with Crippen molar-refractivity contribution in [3.8, 4) is 11.5 Å². The Kier molecular flexibility index (Phi) is 6.54. The van der Waals surface area contributed by atoms with Gasteiger partial charge in [0.15, 0.2) is 0 Å². The van der Waals surface area contributed by atoms with Gasteiger partial charge >= 0.3 is 12.3 Å². The van der Waals surface area contributed by atoms with E-state index in [9.17, 15) is 18.0 Å². The molecule has 0 atom stereocenters. The Morgan fingerprint density at radius 3 is 2.67 bits per heavy atom. The normalized spacial score (nSPS) is 11.5. The summed E-state index contributed by atoms with van der Waals surface area (Å²) in [7, 11) is 0. The minimum absolute atomic E-state index is 0.0741. The minimum atomic E-state index is -4.76. The zero-order valence-corrected chi connectivity index (χ0v) is 12.5. The van der Waals surface area contributed by atoms with Gasteiger partial charge in [0.2, 0.25) is 0 Å². The highest BCUT2D eigenvalue weighted by atomic mass is 79.9. The van der Waals surface area contributed by atoms with Gasteiger partial charge in [0.1, 0.15) is 18.1 Å². The maximum Gasteiger partial charge on any atom is 0.573 e. The Labute approximate surface area is 127 Å². The van der Waals surface area contributed by atoms with Crippen molar-refractivity contribution in [1.29, 1.82) is 0 Å². The van der Waals surface area contributed by atoms with Crippen LogP contribution in [-0.2, 0) is 9.53 Å². The molecule has 8 heteroatoms. The molecule has 0 aliphatic heterocycles. The van der Waals surface area contributed by atoms with Crippen molar-refractivity contribution in [2.24, 2.45) is 0 Å². The molecule has 1 rings (SSSR count). The summed E-state index contributed by atoms with van der Waals surface area (Å²) in [6, 6.07) is 3.78. The number of rotatable bonds is 6. The average Bonchev–Trinajstić information content (AvgIpc) is 2.37. The van der Waals surface area contributed by atoms with E-state index in [4.69, 9.17) is 4.74 Å². The number of benzene rings is 1. The topological polar surface area (TPSA) is 44.8 Å². The van der Waals surface area contributed by atoms with E-state index in [1.807, 2.05) is 0 Å². The Hall–Kier alpha value is -1.70. The smallest absolute Gasteiger partial charge is 0.489 e. The number of ether oxygens (including phenoxy) is 3. The number of hydrogen-bond donors (Lipinski definition) is 0. The first-order valence-electron chi connectivity index (χ1n) is 5.83. The van der Waals surface area contributed by atoms with Gasteiger partial charge in [-0.2, -0.15) is 0 Å². The van der Waals surface area contributed by atoms with Gasteiger partial charge < -0.3 is 14.2 Å². The summed E-state index contributed by atoms with van der Waals surface area (Å²) in [5, 5.41) is 0. The van der Waals surface area contributed by atoms with E-state index in [2.05, 4.69) is 25.4 Å². The van der Waals surface area contributed by atoms with Crippen molar-refractivity contribution in [2.45, 2.75) is 13.3 Å². The van der Waals surface area contributed by atoms with Crippen LogP contribution in [0.3, 0.4) is 0 Å². The molecule has 0 unspecified atom stereocenters. The molecule has 0 amide bonds. The third-order valence-corrected chi connectivity index (χ3v) is 2.64. The summed E-state index contributed by atoms with van der Waals surface area (Å²) < 4.78 is 50.0. The molecule has 0 bridgehead atoms. The van der Waals surface area contributed by atoms with E-state index in [0.717, 1.165) is 6.07 Å². The molecule has 1 aromatic carbocycles. The van der Waals surface area contributed by atoms with Gasteiger partial charge in [-0.15, -0.1) is 13.2 Å². The van der Waals surface area contributed by atoms with Crippen LogP contribution in [0.4, 0.5) is 13.2 Å². The molecule has 0 saturated carbocycles. The molecular weight excluding hydrogens is 357 g/mol. The molecule has 0 aliphatic rings. The van der Waals surface area contributed by atoms with Crippen molar-refractivity contribution >= 4 is 21.9 Å². The van der Waals surface area contributed by atoms with Gasteiger partial charge in [0, 0.05) is 6.08 Å². The number of alkyl halides is 3. The predicted molar refractivity (Wildman–Crippen MR) is 72.1 cm³/mol. The van der Waals surface area contributed by atoms with E-state index in [1.54, 1.807) is 6.92 Å². The zero-order valence-electron chi connectivity index (χ0n) is 10.9. The fourth-order valence-electron chi connectivity index (χ4n) is 1.26. The van der Waals surface area contributed by atoms with Crippen LogP contribution in [0, 0.1) is 0 Å². The van der Waals surface area contributed by atoms with Gasteiger partial charge in [-0.25, -0.2) is 4.79 Å². The van der Waals surface area contributed by atoms with E-state index in [0.29, 0.717) is 5.75 Å². The molecular formula is C13H12BrF3O4. The van der Waals surface area contributed by atoms with E-state index in [-0.39, 0.29) is 23.4 Å². The number of carbonyl (C=O) groups excluding carboxylic acids is 1. The Morgan fingerprint density at radius 2 is 2.10 bits per heavy atom. The van der Waals surface area contributed by atoms with E-state index < -0.39 is 12.3 Å². The summed E-state index contributed by atoms with van der Waals surface area (Å²) >= 11 is 2.96.